The van der Waals surface area contributed by atoms with Gasteiger partial charge in [-0.25, -0.2) is 9.37 Å². The molecular formula is C12H15Br2FN2. The number of hydrogen-bond donors (Lipinski definition) is 0. The topological polar surface area (TPSA) is 16.1 Å². The van der Waals surface area contributed by atoms with Crippen molar-refractivity contribution in [2.24, 2.45) is 5.92 Å². The third kappa shape index (κ3) is 3.19. The number of pyridine rings is 1. The highest BCUT2D eigenvalue weighted by molar-refractivity contribution is 9.10. The molecule has 0 aliphatic carbocycles. The first-order chi connectivity index (χ1) is 8.08. The maximum absolute atomic E-state index is 13.7. The summed E-state index contributed by atoms with van der Waals surface area (Å²) in [6.07, 6.45) is 3.82. The van der Waals surface area contributed by atoms with Gasteiger partial charge < -0.3 is 4.90 Å². The molecule has 0 spiro atoms. The number of aromatic nitrogens is 1. The predicted molar refractivity (Wildman–Crippen MR) is 75.2 cm³/mol. The van der Waals surface area contributed by atoms with Crippen molar-refractivity contribution < 1.29 is 4.39 Å². The summed E-state index contributed by atoms with van der Waals surface area (Å²) in [5, 5.41) is 0. The van der Waals surface area contributed by atoms with Crippen molar-refractivity contribution in [3.63, 3.8) is 0 Å². The van der Waals surface area contributed by atoms with Crippen LogP contribution in [-0.2, 0) is 0 Å². The fraction of sp³-hybridized carbons (Fsp3) is 0.583. The number of hydrogen-bond acceptors (Lipinski definition) is 2. The van der Waals surface area contributed by atoms with Crippen LogP contribution in [0.1, 0.15) is 19.8 Å². The first-order valence-corrected chi connectivity index (χ1v) is 7.49. The van der Waals surface area contributed by atoms with E-state index in [0.29, 0.717) is 21.0 Å². The van der Waals surface area contributed by atoms with E-state index in [-0.39, 0.29) is 5.82 Å². The molecule has 0 radical (unpaired) electrons. The predicted octanol–water partition coefficient (Wildman–Crippen LogP) is 3.98. The second kappa shape index (κ2) is 5.65. The van der Waals surface area contributed by atoms with Crippen molar-refractivity contribution in [2.75, 3.05) is 18.0 Å². The molecule has 0 N–H and O–H groups in total. The number of halogens is 3. The van der Waals surface area contributed by atoms with Gasteiger partial charge in [0.15, 0.2) is 11.6 Å². The van der Waals surface area contributed by atoms with Crippen molar-refractivity contribution >= 4 is 37.7 Å². The Hall–Kier alpha value is -0.160. The Kier molecular flexibility index (Phi) is 4.42. The Morgan fingerprint density at radius 3 is 2.65 bits per heavy atom. The normalized spacial score (nSPS) is 19.4. The van der Waals surface area contributed by atoms with E-state index < -0.39 is 0 Å². The van der Waals surface area contributed by atoms with Crippen molar-refractivity contribution in [1.29, 1.82) is 0 Å². The minimum absolute atomic E-state index is 0.246. The summed E-state index contributed by atoms with van der Waals surface area (Å²) in [5.41, 5.74) is 0. The number of anilines is 1. The zero-order chi connectivity index (χ0) is 12.4. The van der Waals surface area contributed by atoms with E-state index >= 15 is 0 Å². The molecule has 5 heteroatoms. The van der Waals surface area contributed by atoms with Gasteiger partial charge in [0, 0.05) is 28.6 Å². The van der Waals surface area contributed by atoms with E-state index in [1.807, 2.05) is 4.90 Å². The highest BCUT2D eigenvalue weighted by atomic mass is 79.9. The van der Waals surface area contributed by atoms with Crippen LogP contribution in [0.3, 0.4) is 0 Å². The quantitative estimate of drug-likeness (QED) is 0.737. The van der Waals surface area contributed by atoms with Gasteiger partial charge >= 0.3 is 0 Å². The Morgan fingerprint density at radius 1 is 1.47 bits per heavy atom. The molecule has 2 nitrogen and oxygen atoms in total. The molecule has 1 aromatic rings. The van der Waals surface area contributed by atoms with E-state index in [0.717, 1.165) is 25.9 Å². The number of rotatable bonds is 2. The van der Waals surface area contributed by atoms with E-state index in [1.165, 1.54) is 6.07 Å². The molecule has 0 bridgehead atoms. The molecule has 0 aromatic carbocycles. The minimum Gasteiger partial charge on any atom is -0.354 e. The zero-order valence-corrected chi connectivity index (χ0v) is 12.8. The highest BCUT2D eigenvalue weighted by Crippen LogP contribution is 2.28. The van der Waals surface area contributed by atoms with Crippen LogP contribution in [-0.4, -0.2) is 22.9 Å². The average Bonchev–Trinajstić information content (AvgIpc) is 2.29. The van der Waals surface area contributed by atoms with Gasteiger partial charge in [0.05, 0.1) is 0 Å². The van der Waals surface area contributed by atoms with Crippen molar-refractivity contribution in [3.05, 3.63) is 22.6 Å². The van der Waals surface area contributed by atoms with E-state index in [4.69, 9.17) is 0 Å². The smallest absolute Gasteiger partial charge is 0.166 e. The molecule has 1 aliphatic rings. The molecule has 0 amide bonds. The van der Waals surface area contributed by atoms with Crippen LogP contribution in [0, 0.1) is 11.7 Å². The van der Waals surface area contributed by atoms with E-state index in [9.17, 15) is 4.39 Å². The largest absolute Gasteiger partial charge is 0.354 e. The molecular weight excluding hydrogens is 351 g/mol. The summed E-state index contributed by atoms with van der Waals surface area (Å²) < 4.78 is 14.4. The fourth-order valence-corrected chi connectivity index (χ4v) is 3.04. The van der Waals surface area contributed by atoms with Crippen LogP contribution in [0.25, 0.3) is 0 Å². The first kappa shape index (κ1) is 13.3. The third-order valence-corrected chi connectivity index (χ3v) is 4.46. The Balaban J connectivity index is 2.05. The third-order valence-electron chi connectivity index (χ3n) is 3.28. The van der Waals surface area contributed by atoms with Gasteiger partial charge in [-0.3, -0.25) is 0 Å². The van der Waals surface area contributed by atoms with Crippen molar-refractivity contribution in [3.8, 4) is 0 Å². The number of alkyl halides is 1. The van der Waals surface area contributed by atoms with Gasteiger partial charge in [0.2, 0.25) is 0 Å². The van der Waals surface area contributed by atoms with Gasteiger partial charge in [-0.05, 0) is 40.8 Å². The zero-order valence-electron chi connectivity index (χ0n) is 9.67. The fourth-order valence-electron chi connectivity index (χ4n) is 2.21. The molecule has 1 fully saturated rings. The van der Waals surface area contributed by atoms with E-state index in [1.54, 1.807) is 6.20 Å². The number of piperidine rings is 1. The Bertz CT molecular complexity index is 390. The molecule has 1 atom stereocenters. The second-order valence-electron chi connectivity index (χ2n) is 4.46. The highest BCUT2D eigenvalue weighted by Gasteiger charge is 2.24. The summed E-state index contributed by atoms with van der Waals surface area (Å²) >= 11 is 6.84. The molecule has 17 heavy (non-hydrogen) atoms. The van der Waals surface area contributed by atoms with Gasteiger partial charge in [-0.1, -0.05) is 22.9 Å². The Morgan fingerprint density at radius 2 is 2.12 bits per heavy atom. The average molecular weight is 366 g/mol. The van der Waals surface area contributed by atoms with Crippen LogP contribution >= 0.6 is 31.9 Å². The lowest BCUT2D eigenvalue weighted by atomic mass is 9.94. The molecule has 1 aromatic heterocycles. The van der Waals surface area contributed by atoms with Gasteiger partial charge in [0.25, 0.3) is 0 Å². The van der Waals surface area contributed by atoms with Crippen molar-refractivity contribution in [2.45, 2.75) is 24.6 Å². The summed E-state index contributed by atoms with van der Waals surface area (Å²) in [7, 11) is 0. The summed E-state index contributed by atoms with van der Waals surface area (Å²) in [4.78, 5) is 6.73. The summed E-state index contributed by atoms with van der Waals surface area (Å²) in [6.45, 7) is 3.94. The van der Waals surface area contributed by atoms with Crippen LogP contribution < -0.4 is 4.90 Å². The molecule has 1 saturated heterocycles. The molecule has 2 rings (SSSR count). The maximum atomic E-state index is 13.7. The monoisotopic (exact) mass is 364 g/mol. The van der Waals surface area contributed by atoms with Gasteiger partial charge in [-0.2, -0.15) is 0 Å². The molecule has 1 unspecified atom stereocenters. The van der Waals surface area contributed by atoms with E-state index in [2.05, 4.69) is 43.8 Å². The molecule has 2 heterocycles. The first-order valence-electron chi connectivity index (χ1n) is 5.78. The minimum atomic E-state index is -0.246. The summed E-state index contributed by atoms with van der Waals surface area (Å²) in [6, 6.07) is 1.47. The van der Waals surface area contributed by atoms with Gasteiger partial charge in [-0.15, -0.1) is 0 Å². The van der Waals surface area contributed by atoms with Crippen LogP contribution in [0.2, 0.25) is 0 Å². The SMILES string of the molecule is CC(Br)C1CCN(c2ncc(Br)cc2F)CC1. The molecule has 94 valence electrons. The standard InChI is InChI=1S/C12H15Br2FN2/c1-8(13)9-2-4-17(5-3-9)12-11(15)6-10(14)7-16-12/h6-9H,2-5H2,1H3. The Labute approximate surface area is 118 Å². The van der Waals surface area contributed by atoms with Gasteiger partial charge in [0.1, 0.15) is 0 Å². The maximum Gasteiger partial charge on any atom is 0.166 e. The second-order valence-corrected chi connectivity index (χ2v) is 6.82. The van der Waals surface area contributed by atoms with Crippen LogP contribution in [0.5, 0.6) is 0 Å². The summed E-state index contributed by atoms with van der Waals surface area (Å²) in [5.74, 6) is 0.920. The number of nitrogens with zero attached hydrogens (tertiary/aromatic N) is 2. The molecule has 0 saturated carbocycles. The lowest BCUT2D eigenvalue weighted by Gasteiger charge is -2.34. The van der Waals surface area contributed by atoms with Crippen LogP contribution in [0.15, 0.2) is 16.7 Å². The molecule has 1 aliphatic heterocycles. The lowest BCUT2D eigenvalue weighted by Crippen LogP contribution is -2.36. The van der Waals surface area contributed by atoms with Crippen molar-refractivity contribution in [1.82, 2.24) is 4.98 Å². The van der Waals surface area contributed by atoms with Crippen LogP contribution in [0.4, 0.5) is 10.2 Å². The lowest BCUT2D eigenvalue weighted by molar-refractivity contribution is 0.402.